The lowest BCUT2D eigenvalue weighted by atomic mass is 10.2. The molecule has 0 bridgehead atoms. The van der Waals surface area contributed by atoms with Crippen molar-refractivity contribution < 1.29 is 9.53 Å². The van der Waals surface area contributed by atoms with Crippen LogP contribution in [0.5, 0.6) is 5.75 Å². The van der Waals surface area contributed by atoms with E-state index in [-0.39, 0.29) is 11.0 Å². The van der Waals surface area contributed by atoms with Gasteiger partial charge in [0.05, 0.1) is 16.8 Å². The van der Waals surface area contributed by atoms with Gasteiger partial charge in [-0.3, -0.25) is 10.1 Å². The minimum absolute atomic E-state index is 0.188. The maximum atomic E-state index is 12.3. The van der Waals surface area contributed by atoms with E-state index in [0.29, 0.717) is 22.3 Å². The van der Waals surface area contributed by atoms with Gasteiger partial charge in [-0.2, -0.15) is 0 Å². The number of carbonyl (C=O) groups excluding carboxylic acids is 1. The highest BCUT2D eigenvalue weighted by Crippen LogP contribution is 2.28. The molecule has 1 heterocycles. The van der Waals surface area contributed by atoms with Crippen LogP contribution in [-0.4, -0.2) is 22.6 Å². The molecule has 8 heteroatoms. The standard InChI is InChI=1S/C19H18ClN3O2S2/c1-2-3-10-25-14-7-4-12(5-8-14)17(24)22-18(26)23-19-21-15-9-6-13(20)11-16(15)27-19/h4-9,11H,2-3,10H2,1H3,(H2,21,22,23,24,26). The molecule has 1 amide bonds. The zero-order valence-electron chi connectivity index (χ0n) is 14.6. The summed E-state index contributed by atoms with van der Waals surface area (Å²) < 4.78 is 6.53. The second-order valence-corrected chi connectivity index (χ2v) is 7.64. The summed E-state index contributed by atoms with van der Waals surface area (Å²) in [6.07, 6.45) is 2.08. The van der Waals surface area contributed by atoms with E-state index in [2.05, 4.69) is 22.5 Å². The number of unbranched alkanes of at least 4 members (excludes halogenated alkanes) is 1. The van der Waals surface area contributed by atoms with Crippen LogP contribution in [0.4, 0.5) is 5.13 Å². The normalized spacial score (nSPS) is 10.6. The summed E-state index contributed by atoms with van der Waals surface area (Å²) in [4.78, 5) is 16.7. The van der Waals surface area contributed by atoms with Gasteiger partial charge in [-0.1, -0.05) is 36.3 Å². The van der Waals surface area contributed by atoms with Crippen molar-refractivity contribution in [1.82, 2.24) is 10.3 Å². The van der Waals surface area contributed by atoms with Crippen molar-refractivity contribution >= 4 is 61.5 Å². The number of nitrogens with zero attached hydrogens (tertiary/aromatic N) is 1. The second-order valence-electron chi connectivity index (χ2n) is 5.77. The minimum atomic E-state index is -0.295. The van der Waals surface area contributed by atoms with E-state index >= 15 is 0 Å². The second kappa shape index (κ2) is 9.12. The van der Waals surface area contributed by atoms with E-state index in [9.17, 15) is 4.79 Å². The number of rotatable bonds is 6. The quantitative estimate of drug-likeness (QED) is 0.421. The molecule has 3 rings (SSSR count). The van der Waals surface area contributed by atoms with Gasteiger partial charge < -0.3 is 10.1 Å². The molecule has 0 aliphatic rings. The first-order valence-electron chi connectivity index (χ1n) is 8.46. The van der Waals surface area contributed by atoms with Crippen molar-refractivity contribution in [1.29, 1.82) is 0 Å². The summed E-state index contributed by atoms with van der Waals surface area (Å²) in [6, 6.07) is 12.4. The molecule has 0 aliphatic heterocycles. The average Bonchev–Trinajstić information content (AvgIpc) is 3.03. The fourth-order valence-electron chi connectivity index (χ4n) is 2.29. The Morgan fingerprint density at radius 2 is 2.04 bits per heavy atom. The molecular weight excluding hydrogens is 402 g/mol. The van der Waals surface area contributed by atoms with Crippen molar-refractivity contribution in [2.45, 2.75) is 19.8 Å². The van der Waals surface area contributed by atoms with E-state index in [4.69, 9.17) is 28.6 Å². The summed E-state index contributed by atoms with van der Waals surface area (Å²) in [6.45, 7) is 2.78. The molecule has 0 radical (unpaired) electrons. The maximum absolute atomic E-state index is 12.3. The zero-order chi connectivity index (χ0) is 19.2. The van der Waals surface area contributed by atoms with Gasteiger partial charge in [0.15, 0.2) is 10.2 Å². The molecule has 1 aromatic heterocycles. The highest BCUT2D eigenvalue weighted by atomic mass is 35.5. The number of aromatic nitrogens is 1. The molecule has 2 aromatic carbocycles. The molecule has 0 fully saturated rings. The Hall–Kier alpha value is -2.22. The predicted molar refractivity (Wildman–Crippen MR) is 115 cm³/mol. The third-order valence-electron chi connectivity index (χ3n) is 3.68. The van der Waals surface area contributed by atoms with Crippen LogP contribution in [0.25, 0.3) is 10.2 Å². The third kappa shape index (κ3) is 5.38. The molecule has 0 spiro atoms. The lowest BCUT2D eigenvalue weighted by Crippen LogP contribution is -2.34. The van der Waals surface area contributed by atoms with Crippen LogP contribution in [0.1, 0.15) is 30.1 Å². The van der Waals surface area contributed by atoms with Gasteiger partial charge in [-0.25, -0.2) is 4.98 Å². The molecule has 140 valence electrons. The largest absolute Gasteiger partial charge is 0.494 e. The van der Waals surface area contributed by atoms with Crippen molar-refractivity contribution in [2.24, 2.45) is 0 Å². The first-order chi connectivity index (χ1) is 13.0. The number of nitrogens with one attached hydrogen (secondary N) is 2. The summed E-state index contributed by atoms with van der Waals surface area (Å²) in [5.74, 6) is 0.450. The summed E-state index contributed by atoms with van der Waals surface area (Å²) >= 11 is 12.6. The van der Waals surface area contributed by atoms with E-state index in [1.807, 2.05) is 12.1 Å². The topological polar surface area (TPSA) is 63.2 Å². The number of anilines is 1. The van der Waals surface area contributed by atoms with Gasteiger partial charge in [0.2, 0.25) is 0 Å². The number of hydrogen-bond donors (Lipinski definition) is 2. The van der Waals surface area contributed by atoms with Crippen LogP contribution in [0.15, 0.2) is 42.5 Å². The Kier molecular flexibility index (Phi) is 6.60. The number of thiazole rings is 1. The number of hydrogen-bond acceptors (Lipinski definition) is 5. The zero-order valence-corrected chi connectivity index (χ0v) is 17.0. The lowest BCUT2D eigenvalue weighted by molar-refractivity contribution is 0.0977. The Morgan fingerprint density at radius 3 is 2.78 bits per heavy atom. The van der Waals surface area contributed by atoms with Crippen LogP contribution < -0.4 is 15.4 Å². The Bertz CT molecular complexity index is 957. The average molecular weight is 420 g/mol. The van der Waals surface area contributed by atoms with E-state index in [1.54, 1.807) is 30.3 Å². The number of thiocarbonyl (C=S) groups is 1. The van der Waals surface area contributed by atoms with E-state index in [1.165, 1.54) is 11.3 Å². The maximum Gasteiger partial charge on any atom is 0.257 e. The number of fused-ring (bicyclic) bond motifs is 1. The highest BCUT2D eigenvalue weighted by molar-refractivity contribution is 7.80. The fourth-order valence-corrected chi connectivity index (χ4v) is 3.69. The number of carbonyl (C=O) groups is 1. The third-order valence-corrected chi connectivity index (χ3v) is 5.05. The lowest BCUT2D eigenvalue weighted by Gasteiger charge is -2.08. The number of benzene rings is 2. The molecular formula is C19H18ClN3O2S2. The molecule has 0 saturated carbocycles. The molecule has 0 atom stereocenters. The first kappa shape index (κ1) is 19.5. The van der Waals surface area contributed by atoms with Gasteiger partial charge in [0.1, 0.15) is 5.75 Å². The van der Waals surface area contributed by atoms with Crippen molar-refractivity contribution in [2.75, 3.05) is 11.9 Å². The van der Waals surface area contributed by atoms with E-state index in [0.717, 1.165) is 28.8 Å². The van der Waals surface area contributed by atoms with E-state index < -0.39 is 0 Å². The number of halogens is 1. The molecule has 2 N–H and O–H groups in total. The van der Waals surface area contributed by atoms with Crippen LogP contribution in [0.2, 0.25) is 5.02 Å². The predicted octanol–water partition coefficient (Wildman–Crippen LogP) is 5.26. The van der Waals surface area contributed by atoms with Crippen LogP contribution in [-0.2, 0) is 0 Å². The van der Waals surface area contributed by atoms with Crippen molar-refractivity contribution in [3.63, 3.8) is 0 Å². The smallest absolute Gasteiger partial charge is 0.257 e. The van der Waals surface area contributed by atoms with Gasteiger partial charge >= 0.3 is 0 Å². The van der Waals surface area contributed by atoms with Gasteiger partial charge in [0, 0.05) is 10.6 Å². The van der Waals surface area contributed by atoms with Crippen LogP contribution in [0.3, 0.4) is 0 Å². The number of ether oxygens (including phenoxy) is 1. The first-order valence-corrected chi connectivity index (χ1v) is 10.1. The number of amides is 1. The van der Waals surface area contributed by atoms with Gasteiger partial charge in [-0.05, 0) is 61.1 Å². The van der Waals surface area contributed by atoms with Crippen molar-refractivity contribution in [3.05, 3.63) is 53.1 Å². The molecule has 0 unspecified atom stereocenters. The Morgan fingerprint density at radius 1 is 1.26 bits per heavy atom. The monoisotopic (exact) mass is 419 g/mol. The van der Waals surface area contributed by atoms with Crippen LogP contribution >= 0.6 is 35.2 Å². The van der Waals surface area contributed by atoms with Gasteiger partial charge in [0.25, 0.3) is 5.91 Å². The Balaban J connectivity index is 1.57. The van der Waals surface area contributed by atoms with Crippen LogP contribution in [0, 0.1) is 0 Å². The molecule has 27 heavy (non-hydrogen) atoms. The summed E-state index contributed by atoms with van der Waals surface area (Å²) in [5.41, 5.74) is 1.32. The minimum Gasteiger partial charge on any atom is -0.494 e. The molecule has 3 aromatic rings. The van der Waals surface area contributed by atoms with Crippen molar-refractivity contribution in [3.8, 4) is 5.75 Å². The fraction of sp³-hybridized carbons (Fsp3) is 0.211. The molecule has 0 aliphatic carbocycles. The van der Waals surface area contributed by atoms with Gasteiger partial charge in [-0.15, -0.1) is 0 Å². The summed E-state index contributed by atoms with van der Waals surface area (Å²) in [5, 5.41) is 7.02. The summed E-state index contributed by atoms with van der Waals surface area (Å²) in [7, 11) is 0. The Labute approximate surface area is 171 Å². The molecule has 5 nitrogen and oxygen atoms in total. The molecule has 0 saturated heterocycles. The highest BCUT2D eigenvalue weighted by Gasteiger charge is 2.10. The SMILES string of the molecule is CCCCOc1ccc(C(=O)NC(=S)Nc2nc3ccc(Cl)cc3s2)cc1.